The molecule has 0 atom stereocenters. The Morgan fingerprint density at radius 1 is 0.750 bits per heavy atom. The highest BCUT2D eigenvalue weighted by Crippen LogP contribution is 2.13. The number of rotatable bonds is 20. The van der Waals surface area contributed by atoms with Gasteiger partial charge in [0.15, 0.2) is 6.33 Å². The van der Waals surface area contributed by atoms with E-state index in [0.29, 0.717) is 71.8 Å². The molecule has 2 amide bonds. The molecule has 1 heterocycles. The van der Waals surface area contributed by atoms with Gasteiger partial charge in [-0.3, -0.25) is 14.4 Å². The maximum absolute atomic E-state index is 12.0. The zero-order valence-electron chi connectivity index (χ0n) is 20.1. The summed E-state index contributed by atoms with van der Waals surface area (Å²) in [6.07, 6.45) is 1.54. The van der Waals surface area contributed by atoms with Crippen molar-refractivity contribution in [2.75, 3.05) is 66.0 Å². The predicted octanol–water partition coefficient (Wildman–Crippen LogP) is -0.987. The number of nitrogens with zero attached hydrogens (tertiary/aromatic N) is 4. The van der Waals surface area contributed by atoms with Crippen molar-refractivity contribution in [2.45, 2.75) is 13.0 Å². The van der Waals surface area contributed by atoms with E-state index in [0.717, 1.165) is 11.1 Å². The van der Waals surface area contributed by atoms with Crippen LogP contribution < -0.4 is 16.5 Å². The van der Waals surface area contributed by atoms with E-state index in [9.17, 15) is 9.59 Å². The van der Waals surface area contributed by atoms with Crippen LogP contribution in [0.4, 0.5) is 0 Å². The van der Waals surface area contributed by atoms with Gasteiger partial charge >= 0.3 is 0 Å². The van der Waals surface area contributed by atoms with Gasteiger partial charge in [0, 0.05) is 25.1 Å². The van der Waals surface area contributed by atoms with Gasteiger partial charge < -0.3 is 29.6 Å². The molecule has 36 heavy (non-hydrogen) atoms. The van der Waals surface area contributed by atoms with Gasteiger partial charge in [0.2, 0.25) is 17.6 Å². The first-order valence-electron chi connectivity index (χ1n) is 11.4. The molecule has 0 spiro atoms. The zero-order valence-corrected chi connectivity index (χ0v) is 20.1. The third-order valence-electron chi connectivity index (χ3n) is 4.48. The fourth-order valence-electron chi connectivity index (χ4n) is 2.70. The molecule has 0 aliphatic carbocycles. The van der Waals surface area contributed by atoms with Crippen LogP contribution in [0.15, 0.2) is 30.6 Å². The topological polar surface area (TPSA) is 182 Å². The second-order valence-electron chi connectivity index (χ2n) is 7.20. The third-order valence-corrected chi connectivity index (χ3v) is 4.48. The molecule has 0 unspecified atom stereocenters. The summed E-state index contributed by atoms with van der Waals surface area (Å²) in [5.74, 6) is 4.84. The number of amides is 2. The van der Waals surface area contributed by atoms with E-state index in [2.05, 4.69) is 35.9 Å². The predicted molar refractivity (Wildman–Crippen MR) is 126 cm³/mol. The van der Waals surface area contributed by atoms with Crippen LogP contribution in [0, 0.1) is 0 Å². The first-order chi connectivity index (χ1) is 17.7. The number of nitrogens with one attached hydrogen (secondary N) is 2. The van der Waals surface area contributed by atoms with E-state index in [1.54, 1.807) is 0 Å². The molecule has 198 valence electrons. The smallest absolute Gasteiger partial charge is 0.248 e. The second kappa shape index (κ2) is 19.1. The number of nitrogens with two attached hydrogens (primary N) is 1. The van der Waals surface area contributed by atoms with Gasteiger partial charge in [0.25, 0.3) is 0 Å². The Morgan fingerprint density at radius 2 is 1.33 bits per heavy atom. The van der Waals surface area contributed by atoms with Crippen LogP contribution in [0.5, 0.6) is 0 Å². The van der Waals surface area contributed by atoms with Crippen LogP contribution >= 0.6 is 0 Å². The lowest BCUT2D eigenvalue weighted by molar-refractivity contribution is -0.126. The molecule has 14 heteroatoms. The minimum absolute atomic E-state index is 0.0950. The summed E-state index contributed by atoms with van der Waals surface area (Å²) in [7, 11) is 0. The van der Waals surface area contributed by atoms with Crippen molar-refractivity contribution < 1.29 is 33.4 Å². The van der Waals surface area contributed by atoms with Gasteiger partial charge in [-0.25, -0.2) is 5.90 Å². The van der Waals surface area contributed by atoms with E-state index in [1.165, 1.54) is 6.33 Å². The van der Waals surface area contributed by atoms with E-state index in [1.807, 2.05) is 24.3 Å². The van der Waals surface area contributed by atoms with Crippen LogP contribution in [0.25, 0.3) is 11.4 Å². The minimum atomic E-state index is -0.295. The number of carbonyl (C=O) groups excluding carboxylic acids is 2. The fourth-order valence-corrected chi connectivity index (χ4v) is 2.70. The molecule has 0 bridgehead atoms. The molecule has 2 aromatic rings. The van der Waals surface area contributed by atoms with Gasteiger partial charge in [0.1, 0.15) is 6.61 Å². The summed E-state index contributed by atoms with van der Waals surface area (Å²) in [4.78, 5) is 27.2. The zero-order chi connectivity index (χ0) is 25.7. The normalized spacial score (nSPS) is 10.8. The average Bonchev–Trinajstić information content (AvgIpc) is 2.90. The van der Waals surface area contributed by atoms with Gasteiger partial charge in [-0.05, 0) is 5.56 Å². The average molecular weight is 508 g/mol. The number of hydrogen-bond acceptors (Lipinski definition) is 12. The highest BCUT2D eigenvalue weighted by Gasteiger charge is 2.04. The monoisotopic (exact) mass is 507 g/mol. The van der Waals surface area contributed by atoms with E-state index in [-0.39, 0.29) is 24.8 Å². The Balaban J connectivity index is 1.35. The molecule has 2 rings (SSSR count). The Bertz CT molecular complexity index is 860. The maximum Gasteiger partial charge on any atom is 0.248 e. The van der Waals surface area contributed by atoms with Crippen LogP contribution in [-0.4, -0.2) is 98.2 Å². The lowest BCUT2D eigenvalue weighted by Crippen LogP contribution is -2.31. The number of carbonyl (C=O) groups is 2. The molecule has 1 aromatic heterocycles. The van der Waals surface area contributed by atoms with Crippen molar-refractivity contribution in [3.63, 3.8) is 0 Å². The number of ether oxygens (including phenoxy) is 4. The molecule has 0 radical (unpaired) electrons. The SMILES string of the molecule is NOCC(=O)NCCOCCOCCOCCOCCC(=O)NCc1ccc(-c2nncnn2)cc1. The molecule has 14 nitrogen and oxygen atoms in total. The van der Waals surface area contributed by atoms with Crippen molar-refractivity contribution in [3.8, 4) is 11.4 Å². The largest absolute Gasteiger partial charge is 0.379 e. The van der Waals surface area contributed by atoms with Crippen molar-refractivity contribution in [3.05, 3.63) is 36.2 Å². The highest BCUT2D eigenvalue weighted by molar-refractivity contribution is 5.77. The van der Waals surface area contributed by atoms with Crippen molar-refractivity contribution in [2.24, 2.45) is 5.90 Å². The molecule has 0 saturated heterocycles. The Morgan fingerprint density at radius 3 is 1.94 bits per heavy atom. The maximum atomic E-state index is 12.0. The summed E-state index contributed by atoms with van der Waals surface area (Å²) in [6.45, 7) is 3.82. The Kier molecular flexibility index (Phi) is 15.4. The van der Waals surface area contributed by atoms with Crippen molar-refractivity contribution in [1.29, 1.82) is 0 Å². The number of aromatic nitrogens is 4. The van der Waals surface area contributed by atoms with Gasteiger partial charge in [-0.1, -0.05) is 24.3 Å². The van der Waals surface area contributed by atoms with Gasteiger partial charge in [-0.2, -0.15) is 0 Å². The first-order valence-corrected chi connectivity index (χ1v) is 11.4. The summed E-state index contributed by atoms with van der Waals surface area (Å²) in [5.41, 5.74) is 1.76. The Hall–Kier alpha value is -3.14. The van der Waals surface area contributed by atoms with Crippen molar-refractivity contribution in [1.82, 2.24) is 31.0 Å². The molecule has 0 fully saturated rings. The third kappa shape index (κ3) is 13.7. The lowest BCUT2D eigenvalue weighted by Gasteiger charge is -2.08. The van der Waals surface area contributed by atoms with Crippen LogP contribution in [0.2, 0.25) is 0 Å². The molecule has 0 aliphatic heterocycles. The van der Waals surface area contributed by atoms with Crippen LogP contribution in [-0.2, 0) is 39.9 Å². The van der Waals surface area contributed by atoms with E-state index < -0.39 is 0 Å². The van der Waals surface area contributed by atoms with E-state index in [4.69, 9.17) is 24.8 Å². The summed E-state index contributed by atoms with van der Waals surface area (Å²) >= 11 is 0. The fraction of sp³-hybridized carbons (Fsp3) is 0.545. The lowest BCUT2D eigenvalue weighted by atomic mass is 10.1. The van der Waals surface area contributed by atoms with E-state index >= 15 is 0 Å². The summed E-state index contributed by atoms with van der Waals surface area (Å²) in [5, 5.41) is 20.7. The quantitative estimate of drug-likeness (QED) is 0.147. The molecule has 0 aliphatic rings. The second-order valence-corrected chi connectivity index (χ2v) is 7.20. The van der Waals surface area contributed by atoms with Gasteiger partial charge in [0.05, 0.1) is 52.9 Å². The van der Waals surface area contributed by atoms with Crippen LogP contribution in [0.3, 0.4) is 0 Å². The molecular weight excluding hydrogens is 474 g/mol. The standard InChI is InChI=1S/C22H33N7O7/c23-36-16-21(31)24-6-8-33-10-12-35-14-13-34-11-9-32-7-5-20(30)25-15-18-1-3-19(4-2-18)22-28-26-17-27-29-22/h1-4,17H,5-16,23H2,(H,24,31)(H,25,30). The molecular formula is C22H33N7O7. The van der Waals surface area contributed by atoms with Crippen LogP contribution in [0.1, 0.15) is 12.0 Å². The first kappa shape index (κ1) is 29.1. The summed E-state index contributed by atoms with van der Waals surface area (Å²) in [6, 6.07) is 7.49. The number of benzene rings is 1. The van der Waals surface area contributed by atoms with Crippen molar-refractivity contribution >= 4 is 11.8 Å². The van der Waals surface area contributed by atoms with Gasteiger partial charge in [-0.15, -0.1) is 20.4 Å². The molecule has 1 aromatic carbocycles. The molecule has 0 saturated carbocycles. The highest BCUT2D eigenvalue weighted by atomic mass is 16.6. The Labute approximate surface area is 209 Å². The number of hydrogen-bond donors (Lipinski definition) is 3. The molecule has 4 N–H and O–H groups in total. The minimum Gasteiger partial charge on any atom is -0.379 e. The summed E-state index contributed by atoms with van der Waals surface area (Å²) < 4.78 is 21.5.